The first-order chi connectivity index (χ1) is 5.24. The van der Waals surface area contributed by atoms with E-state index in [1.807, 2.05) is 0 Å². The number of aromatic nitrogens is 1. The normalized spacial score (nSPS) is 13.0. The van der Waals surface area contributed by atoms with Crippen molar-refractivity contribution in [1.29, 1.82) is 0 Å². The maximum Gasteiger partial charge on any atom is 0.120 e. The second kappa shape index (κ2) is 3.78. The summed E-state index contributed by atoms with van der Waals surface area (Å²) in [7, 11) is 0. The van der Waals surface area contributed by atoms with Crippen molar-refractivity contribution >= 4 is 15.9 Å². The first-order valence-electron chi connectivity index (χ1n) is 3.08. The molecule has 1 atom stereocenters. The Morgan fingerprint density at radius 1 is 1.64 bits per heavy atom. The van der Waals surface area contributed by atoms with E-state index < -0.39 is 12.8 Å². The highest BCUT2D eigenvalue weighted by Gasteiger charge is 2.06. The summed E-state index contributed by atoms with van der Waals surface area (Å²) in [6, 6.07) is 1.64. The van der Waals surface area contributed by atoms with E-state index in [0.717, 1.165) is 4.47 Å². The minimum atomic E-state index is -1.06. The fourth-order valence-electron chi connectivity index (χ4n) is 0.700. The van der Waals surface area contributed by atoms with Crippen LogP contribution in [0.4, 0.5) is 4.39 Å². The van der Waals surface area contributed by atoms with Gasteiger partial charge in [0.25, 0.3) is 0 Å². The van der Waals surface area contributed by atoms with E-state index >= 15 is 0 Å². The van der Waals surface area contributed by atoms with E-state index in [1.165, 1.54) is 6.20 Å². The van der Waals surface area contributed by atoms with Crippen LogP contribution in [0.15, 0.2) is 22.9 Å². The molecule has 0 saturated heterocycles. The van der Waals surface area contributed by atoms with E-state index in [-0.39, 0.29) is 0 Å². The molecule has 1 heterocycles. The van der Waals surface area contributed by atoms with Crippen LogP contribution in [-0.4, -0.2) is 16.8 Å². The first-order valence-corrected chi connectivity index (χ1v) is 3.88. The zero-order chi connectivity index (χ0) is 8.27. The molecule has 0 bridgehead atoms. The van der Waals surface area contributed by atoms with Gasteiger partial charge in [-0.3, -0.25) is 4.98 Å². The predicted molar refractivity (Wildman–Crippen MR) is 42.9 cm³/mol. The molecule has 2 nitrogen and oxygen atoms in total. The van der Waals surface area contributed by atoms with Gasteiger partial charge >= 0.3 is 0 Å². The molecule has 0 aliphatic carbocycles. The molecule has 1 aromatic rings. The van der Waals surface area contributed by atoms with Crippen molar-refractivity contribution in [3.05, 3.63) is 28.5 Å². The second-order valence-corrected chi connectivity index (χ2v) is 3.02. The predicted octanol–water partition coefficient (Wildman–Crippen LogP) is 1.85. The third-order valence-electron chi connectivity index (χ3n) is 1.26. The van der Waals surface area contributed by atoms with Crippen LogP contribution in [0.2, 0.25) is 0 Å². The summed E-state index contributed by atoms with van der Waals surface area (Å²) in [5.41, 5.74) is 0.488. The molecule has 11 heavy (non-hydrogen) atoms. The molecule has 1 rings (SSSR count). The van der Waals surface area contributed by atoms with Crippen molar-refractivity contribution in [3.63, 3.8) is 0 Å². The van der Waals surface area contributed by atoms with Crippen LogP contribution in [-0.2, 0) is 0 Å². The van der Waals surface area contributed by atoms with Crippen LogP contribution in [0.5, 0.6) is 0 Å². The Kier molecular flexibility index (Phi) is 2.96. The van der Waals surface area contributed by atoms with Gasteiger partial charge < -0.3 is 5.11 Å². The molecule has 0 fully saturated rings. The summed E-state index contributed by atoms with van der Waals surface area (Å²) >= 11 is 3.16. The molecule has 1 N–H and O–H groups in total. The van der Waals surface area contributed by atoms with Gasteiger partial charge in [-0.1, -0.05) is 0 Å². The molecule has 0 radical (unpaired) electrons. The third-order valence-corrected chi connectivity index (χ3v) is 1.69. The molecular formula is C7H7BrFNO. The topological polar surface area (TPSA) is 33.1 Å². The average molecular weight is 220 g/mol. The lowest BCUT2D eigenvalue weighted by molar-refractivity contribution is 0.141. The van der Waals surface area contributed by atoms with Gasteiger partial charge in [0, 0.05) is 22.4 Å². The van der Waals surface area contributed by atoms with Gasteiger partial charge in [-0.05, 0) is 22.0 Å². The molecule has 0 spiro atoms. The number of aliphatic hydroxyl groups is 1. The Labute approximate surface area is 72.2 Å². The molecule has 1 unspecified atom stereocenters. The van der Waals surface area contributed by atoms with E-state index in [0.29, 0.717) is 5.56 Å². The van der Waals surface area contributed by atoms with E-state index in [9.17, 15) is 4.39 Å². The van der Waals surface area contributed by atoms with Crippen LogP contribution in [0.1, 0.15) is 11.7 Å². The summed E-state index contributed by atoms with van der Waals surface area (Å²) in [6.45, 7) is -0.780. The number of rotatable bonds is 2. The highest BCUT2D eigenvalue weighted by Crippen LogP contribution is 2.16. The Balaban J connectivity index is 2.86. The standard InChI is InChI=1S/C7H7BrFNO/c8-6-1-5(3-10-4-6)7(11)2-9/h1,3-4,7,11H,2H2. The maximum absolute atomic E-state index is 11.9. The fraction of sp³-hybridized carbons (Fsp3) is 0.286. The van der Waals surface area contributed by atoms with Gasteiger partial charge in [0.2, 0.25) is 0 Å². The van der Waals surface area contributed by atoms with Gasteiger partial charge in [0.05, 0.1) is 0 Å². The summed E-state index contributed by atoms with van der Waals surface area (Å²) in [5.74, 6) is 0. The van der Waals surface area contributed by atoms with Gasteiger partial charge in [-0.15, -0.1) is 0 Å². The number of halogens is 2. The first kappa shape index (κ1) is 8.62. The number of aliphatic hydroxyl groups excluding tert-OH is 1. The number of alkyl halides is 1. The number of nitrogens with zero attached hydrogens (tertiary/aromatic N) is 1. The van der Waals surface area contributed by atoms with Crippen LogP contribution in [0, 0.1) is 0 Å². The Bertz CT molecular complexity index is 244. The SMILES string of the molecule is OC(CF)c1cncc(Br)c1. The summed E-state index contributed by atoms with van der Waals surface area (Å²) < 4.78 is 12.6. The van der Waals surface area contributed by atoms with Crippen LogP contribution in [0.3, 0.4) is 0 Å². The largest absolute Gasteiger partial charge is 0.386 e. The van der Waals surface area contributed by atoms with E-state index in [2.05, 4.69) is 20.9 Å². The maximum atomic E-state index is 11.9. The number of pyridine rings is 1. The van der Waals surface area contributed by atoms with Crippen LogP contribution < -0.4 is 0 Å². The summed E-state index contributed by atoms with van der Waals surface area (Å²) in [6.07, 6.45) is 1.96. The third kappa shape index (κ3) is 2.24. The van der Waals surface area contributed by atoms with Crippen molar-refractivity contribution < 1.29 is 9.50 Å². The molecule has 0 aliphatic heterocycles. The lowest BCUT2D eigenvalue weighted by Crippen LogP contribution is -1.99. The number of hydrogen-bond acceptors (Lipinski definition) is 2. The lowest BCUT2D eigenvalue weighted by atomic mass is 10.2. The van der Waals surface area contributed by atoms with Crippen molar-refractivity contribution in [3.8, 4) is 0 Å². The molecule has 0 saturated carbocycles. The molecular weight excluding hydrogens is 213 g/mol. The Morgan fingerprint density at radius 3 is 2.91 bits per heavy atom. The second-order valence-electron chi connectivity index (χ2n) is 2.11. The van der Waals surface area contributed by atoms with Crippen LogP contribution >= 0.6 is 15.9 Å². The van der Waals surface area contributed by atoms with Gasteiger partial charge in [-0.2, -0.15) is 0 Å². The Morgan fingerprint density at radius 2 is 2.36 bits per heavy atom. The van der Waals surface area contributed by atoms with Crippen molar-refractivity contribution in [2.45, 2.75) is 6.10 Å². The Hall–Kier alpha value is -0.480. The lowest BCUT2D eigenvalue weighted by Gasteiger charge is -2.04. The van der Waals surface area contributed by atoms with Crippen molar-refractivity contribution in [2.75, 3.05) is 6.67 Å². The molecule has 60 valence electrons. The van der Waals surface area contributed by atoms with E-state index in [1.54, 1.807) is 12.3 Å². The number of hydrogen-bond donors (Lipinski definition) is 1. The summed E-state index contributed by atoms with van der Waals surface area (Å²) in [5, 5.41) is 9.02. The molecule has 0 amide bonds. The quantitative estimate of drug-likeness (QED) is 0.824. The monoisotopic (exact) mass is 219 g/mol. The minimum absolute atomic E-state index is 0.488. The van der Waals surface area contributed by atoms with Gasteiger partial charge in [-0.25, -0.2) is 4.39 Å². The highest BCUT2D eigenvalue weighted by atomic mass is 79.9. The van der Waals surface area contributed by atoms with Crippen molar-refractivity contribution in [2.24, 2.45) is 0 Å². The molecule has 1 aromatic heterocycles. The van der Waals surface area contributed by atoms with Gasteiger partial charge in [0.15, 0.2) is 0 Å². The van der Waals surface area contributed by atoms with Crippen molar-refractivity contribution in [1.82, 2.24) is 4.98 Å². The molecule has 4 heteroatoms. The highest BCUT2D eigenvalue weighted by molar-refractivity contribution is 9.10. The van der Waals surface area contributed by atoms with E-state index in [4.69, 9.17) is 5.11 Å². The minimum Gasteiger partial charge on any atom is -0.386 e. The van der Waals surface area contributed by atoms with Crippen LogP contribution in [0.25, 0.3) is 0 Å². The zero-order valence-electron chi connectivity index (χ0n) is 5.67. The smallest absolute Gasteiger partial charge is 0.120 e. The summed E-state index contributed by atoms with van der Waals surface area (Å²) in [4.78, 5) is 3.78. The average Bonchev–Trinajstić information content (AvgIpc) is 2.03. The molecule has 0 aromatic carbocycles. The zero-order valence-corrected chi connectivity index (χ0v) is 7.25. The van der Waals surface area contributed by atoms with Gasteiger partial charge in [0.1, 0.15) is 12.8 Å². The molecule has 0 aliphatic rings. The fourth-order valence-corrected chi connectivity index (χ4v) is 1.08.